The summed E-state index contributed by atoms with van der Waals surface area (Å²) in [6, 6.07) is 0. The highest BCUT2D eigenvalue weighted by atomic mass is 16.5. The average molecular weight is 324 g/mol. The minimum atomic E-state index is -0.202. The Morgan fingerprint density at radius 2 is 1.65 bits per heavy atom. The highest BCUT2D eigenvalue weighted by molar-refractivity contribution is 5.84. The second-order valence-electron chi connectivity index (χ2n) is 5.02. The molecule has 0 heterocycles. The Morgan fingerprint density at radius 1 is 1.04 bits per heavy atom. The van der Waals surface area contributed by atoms with E-state index in [1.807, 2.05) is 0 Å². The molecular formula is C17H28N2O4. The van der Waals surface area contributed by atoms with Crippen molar-refractivity contribution in [3.63, 3.8) is 0 Å². The number of ether oxygens (including phenoxy) is 1. The zero-order chi connectivity index (χ0) is 17.5. The molecule has 0 aromatic heterocycles. The van der Waals surface area contributed by atoms with Crippen LogP contribution in [0.1, 0.15) is 39.0 Å². The lowest BCUT2D eigenvalue weighted by Gasteiger charge is -2.19. The normalized spacial score (nSPS) is 9.78. The van der Waals surface area contributed by atoms with Gasteiger partial charge in [-0.2, -0.15) is 0 Å². The molecule has 0 aliphatic rings. The molecule has 6 heteroatoms. The fourth-order valence-electron chi connectivity index (χ4n) is 1.93. The molecule has 0 rings (SSSR count). The van der Waals surface area contributed by atoms with Crippen molar-refractivity contribution in [2.75, 3.05) is 26.2 Å². The van der Waals surface area contributed by atoms with Crippen LogP contribution in [0.2, 0.25) is 0 Å². The summed E-state index contributed by atoms with van der Waals surface area (Å²) in [4.78, 5) is 36.3. The molecule has 0 unspecified atom stereocenters. The molecule has 0 aliphatic carbocycles. The van der Waals surface area contributed by atoms with Crippen molar-refractivity contribution in [2.45, 2.75) is 39.0 Å². The van der Waals surface area contributed by atoms with Crippen LogP contribution in [0, 0.1) is 0 Å². The van der Waals surface area contributed by atoms with Crippen LogP contribution in [0.15, 0.2) is 25.3 Å². The summed E-state index contributed by atoms with van der Waals surface area (Å²) < 4.78 is 4.82. The number of hydrogen-bond acceptors (Lipinski definition) is 4. The third-order valence-electron chi connectivity index (χ3n) is 3.08. The van der Waals surface area contributed by atoms with Gasteiger partial charge >= 0.3 is 5.97 Å². The Morgan fingerprint density at radius 3 is 2.22 bits per heavy atom. The van der Waals surface area contributed by atoms with Crippen molar-refractivity contribution in [2.24, 2.45) is 0 Å². The van der Waals surface area contributed by atoms with Gasteiger partial charge in [0.15, 0.2) is 0 Å². The van der Waals surface area contributed by atoms with Crippen LogP contribution in [0.4, 0.5) is 0 Å². The minimum absolute atomic E-state index is 0.0245. The van der Waals surface area contributed by atoms with E-state index in [2.05, 4.69) is 18.5 Å². The van der Waals surface area contributed by atoms with E-state index in [0.717, 1.165) is 6.42 Å². The van der Waals surface area contributed by atoms with Crippen LogP contribution < -0.4 is 5.32 Å². The van der Waals surface area contributed by atoms with Crippen LogP contribution in [-0.4, -0.2) is 48.9 Å². The smallest absolute Gasteiger partial charge is 0.305 e. The van der Waals surface area contributed by atoms with Gasteiger partial charge in [0.2, 0.25) is 11.8 Å². The molecule has 0 saturated carbocycles. The van der Waals surface area contributed by atoms with E-state index in [4.69, 9.17) is 4.74 Å². The fourth-order valence-corrected chi connectivity index (χ4v) is 1.93. The van der Waals surface area contributed by atoms with Gasteiger partial charge in [0.1, 0.15) is 0 Å². The number of unbranched alkanes of at least 4 members (excludes halogenated alkanes) is 2. The molecule has 1 N–H and O–H groups in total. The fraction of sp³-hybridized carbons (Fsp3) is 0.588. The lowest BCUT2D eigenvalue weighted by molar-refractivity contribution is -0.143. The van der Waals surface area contributed by atoms with Gasteiger partial charge in [-0.05, 0) is 19.8 Å². The maximum absolute atomic E-state index is 11.9. The molecule has 0 aromatic carbocycles. The van der Waals surface area contributed by atoms with Crippen LogP contribution in [0.5, 0.6) is 0 Å². The first-order chi connectivity index (χ1) is 11.0. The summed E-state index contributed by atoms with van der Waals surface area (Å²) in [5.41, 5.74) is 0. The molecule has 130 valence electrons. The maximum Gasteiger partial charge on any atom is 0.305 e. The second-order valence-corrected chi connectivity index (χ2v) is 5.02. The number of carbonyl (C=O) groups excluding carboxylic acids is 3. The van der Waals surface area contributed by atoms with E-state index in [9.17, 15) is 14.4 Å². The summed E-state index contributed by atoms with van der Waals surface area (Å²) in [7, 11) is 0. The van der Waals surface area contributed by atoms with Gasteiger partial charge < -0.3 is 15.0 Å². The predicted molar refractivity (Wildman–Crippen MR) is 89.7 cm³/mol. The third kappa shape index (κ3) is 11.2. The molecule has 0 radical (unpaired) electrons. The summed E-state index contributed by atoms with van der Waals surface area (Å²) >= 11 is 0. The largest absolute Gasteiger partial charge is 0.466 e. The first-order valence-electron chi connectivity index (χ1n) is 7.97. The Bertz CT molecular complexity index is 397. The summed E-state index contributed by atoms with van der Waals surface area (Å²) in [6.07, 6.45) is 6.16. The van der Waals surface area contributed by atoms with Gasteiger partial charge in [-0.3, -0.25) is 14.4 Å². The minimum Gasteiger partial charge on any atom is -0.466 e. The van der Waals surface area contributed by atoms with Gasteiger partial charge in [-0.1, -0.05) is 18.6 Å². The van der Waals surface area contributed by atoms with Gasteiger partial charge in [-0.15, -0.1) is 13.2 Å². The van der Waals surface area contributed by atoms with Crippen LogP contribution >= 0.6 is 0 Å². The van der Waals surface area contributed by atoms with Crippen molar-refractivity contribution in [1.82, 2.24) is 10.2 Å². The highest BCUT2D eigenvalue weighted by Gasteiger charge is 2.11. The average Bonchev–Trinajstić information content (AvgIpc) is 2.52. The van der Waals surface area contributed by atoms with Crippen LogP contribution in [0.25, 0.3) is 0 Å². The monoisotopic (exact) mass is 324 g/mol. The first kappa shape index (κ1) is 20.9. The van der Waals surface area contributed by atoms with Crippen molar-refractivity contribution in [3.8, 4) is 0 Å². The number of amides is 2. The van der Waals surface area contributed by atoms with Crippen LogP contribution in [0.3, 0.4) is 0 Å². The topological polar surface area (TPSA) is 75.7 Å². The summed E-state index contributed by atoms with van der Waals surface area (Å²) in [5.74, 6) is -0.529. The SMILES string of the molecule is C=CCN(CC=C)C(=O)CNC(=O)CCCCCC(=O)OCC. The Hall–Kier alpha value is -2.11. The molecule has 0 aliphatic heterocycles. The van der Waals surface area contributed by atoms with Crippen molar-refractivity contribution < 1.29 is 19.1 Å². The van der Waals surface area contributed by atoms with E-state index >= 15 is 0 Å². The van der Waals surface area contributed by atoms with Gasteiger partial charge in [0, 0.05) is 25.9 Å². The number of rotatable bonds is 13. The summed E-state index contributed by atoms with van der Waals surface area (Å²) in [6.45, 7) is 10.2. The first-order valence-corrected chi connectivity index (χ1v) is 7.97. The van der Waals surface area contributed by atoms with E-state index in [1.165, 1.54) is 0 Å². The Labute approximate surface area is 138 Å². The highest BCUT2D eigenvalue weighted by Crippen LogP contribution is 2.04. The van der Waals surface area contributed by atoms with Crippen LogP contribution in [-0.2, 0) is 19.1 Å². The molecule has 0 aromatic rings. The van der Waals surface area contributed by atoms with Crippen molar-refractivity contribution in [3.05, 3.63) is 25.3 Å². The lowest BCUT2D eigenvalue weighted by Crippen LogP contribution is -2.40. The second kappa shape index (κ2) is 13.5. The molecule has 0 saturated heterocycles. The number of nitrogens with zero attached hydrogens (tertiary/aromatic N) is 1. The van der Waals surface area contributed by atoms with Gasteiger partial charge in [0.05, 0.1) is 13.2 Å². The zero-order valence-electron chi connectivity index (χ0n) is 14.0. The zero-order valence-corrected chi connectivity index (χ0v) is 14.0. The maximum atomic E-state index is 11.9. The molecule has 0 fully saturated rings. The van der Waals surface area contributed by atoms with E-state index in [0.29, 0.717) is 45.4 Å². The van der Waals surface area contributed by atoms with Gasteiger partial charge in [-0.25, -0.2) is 0 Å². The third-order valence-corrected chi connectivity index (χ3v) is 3.08. The standard InChI is InChI=1S/C17H28N2O4/c1-4-12-19(13-5-2)16(21)14-18-15(20)10-8-7-9-11-17(22)23-6-3/h4-5H,1-2,6-14H2,3H3,(H,18,20). The van der Waals surface area contributed by atoms with Crippen molar-refractivity contribution >= 4 is 17.8 Å². The molecule has 0 spiro atoms. The van der Waals surface area contributed by atoms with Crippen molar-refractivity contribution in [1.29, 1.82) is 0 Å². The molecule has 0 bridgehead atoms. The summed E-state index contributed by atoms with van der Waals surface area (Å²) in [5, 5.41) is 2.61. The quantitative estimate of drug-likeness (QED) is 0.318. The Balaban J connectivity index is 3.81. The lowest BCUT2D eigenvalue weighted by atomic mass is 10.1. The Kier molecular flexibility index (Phi) is 12.3. The van der Waals surface area contributed by atoms with E-state index in [-0.39, 0.29) is 24.3 Å². The number of nitrogens with one attached hydrogen (secondary N) is 1. The molecular weight excluding hydrogens is 296 g/mol. The van der Waals surface area contributed by atoms with E-state index in [1.54, 1.807) is 24.0 Å². The van der Waals surface area contributed by atoms with E-state index < -0.39 is 0 Å². The van der Waals surface area contributed by atoms with Gasteiger partial charge in [0.25, 0.3) is 0 Å². The predicted octanol–water partition coefficient (Wildman–Crippen LogP) is 1.82. The molecule has 6 nitrogen and oxygen atoms in total. The number of carbonyl (C=O) groups is 3. The molecule has 23 heavy (non-hydrogen) atoms. The molecule has 2 amide bonds. The number of esters is 1. The molecule has 0 atom stereocenters. The number of hydrogen-bond donors (Lipinski definition) is 1.